The van der Waals surface area contributed by atoms with Gasteiger partial charge in [0, 0.05) is 10.6 Å². The van der Waals surface area contributed by atoms with E-state index in [9.17, 15) is 9.59 Å². The van der Waals surface area contributed by atoms with Crippen LogP contribution < -0.4 is 15.4 Å². The van der Waals surface area contributed by atoms with E-state index in [1.807, 2.05) is 30.5 Å². The van der Waals surface area contributed by atoms with Crippen molar-refractivity contribution in [1.82, 2.24) is 5.32 Å². The Labute approximate surface area is 167 Å². The number of thioether (sulfide) groups is 1. The molecule has 0 aliphatic heterocycles. The molecular weight excluding hydrogens is 376 g/mol. The standard InChI is InChI=1S/C21H20N2O4S/c1-28-17-8-4-6-15(12-17)23-21(25)18-9-2-3-10-19(18)27-14-20(24)22-13-16-7-5-11-26-16/h2-12H,13-14H2,1H3,(H,22,24)(H,23,25). The van der Waals surface area contributed by atoms with Gasteiger partial charge in [-0.3, -0.25) is 9.59 Å². The fourth-order valence-electron chi connectivity index (χ4n) is 2.47. The Morgan fingerprint density at radius 3 is 2.71 bits per heavy atom. The average molecular weight is 396 g/mol. The molecule has 3 aromatic rings. The minimum absolute atomic E-state index is 0.201. The summed E-state index contributed by atoms with van der Waals surface area (Å²) in [4.78, 5) is 25.7. The predicted molar refractivity (Wildman–Crippen MR) is 109 cm³/mol. The minimum Gasteiger partial charge on any atom is -0.483 e. The van der Waals surface area contributed by atoms with Gasteiger partial charge in [0.05, 0.1) is 18.4 Å². The van der Waals surface area contributed by atoms with Gasteiger partial charge in [0.1, 0.15) is 11.5 Å². The third-order valence-electron chi connectivity index (χ3n) is 3.86. The summed E-state index contributed by atoms with van der Waals surface area (Å²) in [5.74, 6) is 0.388. The summed E-state index contributed by atoms with van der Waals surface area (Å²) in [6.07, 6.45) is 3.52. The van der Waals surface area contributed by atoms with Gasteiger partial charge in [-0.15, -0.1) is 11.8 Å². The van der Waals surface area contributed by atoms with Crippen molar-refractivity contribution < 1.29 is 18.7 Å². The van der Waals surface area contributed by atoms with E-state index in [0.29, 0.717) is 22.8 Å². The highest BCUT2D eigenvalue weighted by molar-refractivity contribution is 7.98. The van der Waals surface area contributed by atoms with E-state index in [0.717, 1.165) is 4.90 Å². The molecule has 0 atom stereocenters. The molecule has 2 amide bonds. The van der Waals surface area contributed by atoms with Crippen molar-refractivity contribution >= 4 is 29.3 Å². The Morgan fingerprint density at radius 1 is 1.07 bits per heavy atom. The van der Waals surface area contributed by atoms with Crippen LogP contribution in [0, 0.1) is 0 Å². The summed E-state index contributed by atoms with van der Waals surface area (Å²) < 4.78 is 10.7. The molecule has 1 aromatic heterocycles. The lowest BCUT2D eigenvalue weighted by Crippen LogP contribution is -2.28. The summed E-state index contributed by atoms with van der Waals surface area (Å²) in [7, 11) is 0. The van der Waals surface area contributed by atoms with Gasteiger partial charge in [-0.2, -0.15) is 0 Å². The maximum atomic E-state index is 12.6. The molecule has 2 N–H and O–H groups in total. The van der Waals surface area contributed by atoms with Gasteiger partial charge in [-0.1, -0.05) is 18.2 Å². The second kappa shape index (κ2) is 9.66. The third kappa shape index (κ3) is 5.40. The van der Waals surface area contributed by atoms with Gasteiger partial charge in [0.15, 0.2) is 6.61 Å². The molecule has 0 radical (unpaired) electrons. The molecular formula is C21H20N2O4S. The van der Waals surface area contributed by atoms with E-state index < -0.39 is 0 Å². The Balaban J connectivity index is 1.60. The van der Waals surface area contributed by atoms with Crippen molar-refractivity contribution in [3.8, 4) is 5.75 Å². The van der Waals surface area contributed by atoms with Crippen LogP contribution in [0.4, 0.5) is 5.69 Å². The number of nitrogens with one attached hydrogen (secondary N) is 2. The van der Waals surface area contributed by atoms with Crippen molar-refractivity contribution in [2.45, 2.75) is 11.4 Å². The molecule has 3 rings (SSSR count). The van der Waals surface area contributed by atoms with Crippen LogP contribution >= 0.6 is 11.8 Å². The lowest BCUT2D eigenvalue weighted by Gasteiger charge is -2.12. The highest BCUT2D eigenvalue weighted by Crippen LogP contribution is 2.22. The quantitative estimate of drug-likeness (QED) is 0.564. The number of para-hydroxylation sites is 1. The molecule has 144 valence electrons. The van der Waals surface area contributed by atoms with Crippen LogP contribution in [0.1, 0.15) is 16.1 Å². The summed E-state index contributed by atoms with van der Waals surface area (Å²) >= 11 is 1.60. The predicted octanol–water partition coefficient (Wildman–Crippen LogP) is 3.95. The molecule has 0 saturated carbocycles. The number of benzene rings is 2. The van der Waals surface area contributed by atoms with E-state index in [-0.39, 0.29) is 25.0 Å². The van der Waals surface area contributed by atoms with Gasteiger partial charge >= 0.3 is 0 Å². The van der Waals surface area contributed by atoms with Gasteiger partial charge in [0.25, 0.3) is 11.8 Å². The topological polar surface area (TPSA) is 80.6 Å². The number of carbonyl (C=O) groups excluding carboxylic acids is 2. The molecule has 1 heterocycles. The zero-order valence-corrected chi connectivity index (χ0v) is 16.1. The van der Waals surface area contributed by atoms with Gasteiger partial charge < -0.3 is 19.8 Å². The molecule has 28 heavy (non-hydrogen) atoms. The van der Waals surface area contributed by atoms with Gasteiger partial charge in [-0.25, -0.2) is 0 Å². The first kappa shape index (κ1) is 19.6. The fraction of sp³-hybridized carbons (Fsp3) is 0.143. The molecule has 7 heteroatoms. The number of hydrogen-bond acceptors (Lipinski definition) is 5. The Morgan fingerprint density at radius 2 is 1.93 bits per heavy atom. The average Bonchev–Trinajstić information content (AvgIpc) is 3.24. The lowest BCUT2D eigenvalue weighted by molar-refractivity contribution is -0.123. The third-order valence-corrected chi connectivity index (χ3v) is 4.58. The van der Waals surface area contributed by atoms with Crippen LogP contribution in [-0.4, -0.2) is 24.7 Å². The molecule has 0 aliphatic rings. The zero-order valence-electron chi connectivity index (χ0n) is 15.3. The van der Waals surface area contributed by atoms with Crippen molar-refractivity contribution in [3.05, 3.63) is 78.3 Å². The van der Waals surface area contributed by atoms with Crippen LogP contribution in [0.15, 0.2) is 76.2 Å². The Hall–Kier alpha value is -3.19. The second-order valence-electron chi connectivity index (χ2n) is 5.83. The molecule has 6 nitrogen and oxygen atoms in total. The first-order chi connectivity index (χ1) is 13.7. The van der Waals surface area contributed by atoms with Crippen molar-refractivity contribution in [3.63, 3.8) is 0 Å². The first-order valence-corrected chi connectivity index (χ1v) is 9.84. The fourth-order valence-corrected chi connectivity index (χ4v) is 2.93. The zero-order chi connectivity index (χ0) is 19.8. The number of carbonyl (C=O) groups is 2. The van der Waals surface area contributed by atoms with Crippen LogP contribution in [0.5, 0.6) is 5.75 Å². The Kier molecular flexibility index (Phi) is 6.75. The molecule has 0 fully saturated rings. The van der Waals surface area contributed by atoms with E-state index in [4.69, 9.17) is 9.15 Å². The summed E-state index contributed by atoms with van der Waals surface area (Å²) in [5.41, 5.74) is 1.05. The largest absolute Gasteiger partial charge is 0.483 e. The number of rotatable bonds is 8. The van der Waals surface area contributed by atoms with Crippen LogP contribution in [0.2, 0.25) is 0 Å². The SMILES string of the molecule is CSc1cccc(NC(=O)c2ccccc2OCC(=O)NCc2ccco2)c1. The monoisotopic (exact) mass is 396 g/mol. The lowest BCUT2D eigenvalue weighted by atomic mass is 10.2. The van der Waals surface area contributed by atoms with E-state index >= 15 is 0 Å². The van der Waals surface area contributed by atoms with E-state index in [1.54, 1.807) is 54.4 Å². The number of hydrogen-bond donors (Lipinski definition) is 2. The second-order valence-corrected chi connectivity index (χ2v) is 6.71. The smallest absolute Gasteiger partial charge is 0.259 e. The van der Waals surface area contributed by atoms with Crippen LogP contribution in [0.3, 0.4) is 0 Å². The van der Waals surface area contributed by atoms with E-state index in [2.05, 4.69) is 10.6 Å². The molecule has 0 saturated heterocycles. The number of ether oxygens (including phenoxy) is 1. The first-order valence-electron chi connectivity index (χ1n) is 8.62. The van der Waals surface area contributed by atoms with Crippen molar-refractivity contribution in [2.24, 2.45) is 0 Å². The number of amides is 2. The normalized spacial score (nSPS) is 10.3. The Bertz CT molecular complexity index is 941. The summed E-state index contributed by atoms with van der Waals surface area (Å²) in [6, 6.07) is 17.9. The number of furan rings is 1. The summed E-state index contributed by atoms with van der Waals surface area (Å²) in [5, 5.41) is 5.56. The van der Waals surface area contributed by atoms with Crippen molar-refractivity contribution in [1.29, 1.82) is 0 Å². The summed E-state index contributed by atoms with van der Waals surface area (Å²) in [6.45, 7) is 0.0794. The van der Waals surface area contributed by atoms with Gasteiger partial charge in [0.2, 0.25) is 0 Å². The maximum Gasteiger partial charge on any atom is 0.259 e. The molecule has 2 aromatic carbocycles. The van der Waals surface area contributed by atoms with Crippen molar-refractivity contribution in [2.75, 3.05) is 18.2 Å². The highest BCUT2D eigenvalue weighted by Gasteiger charge is 2.14. The maximum absolute atomic E-state index is 12.6. The van der Waals surface area contributed by atoms with E-state index in [1.165, 1.54) is 0 Å². The number of anilines is 1. The molecule has 0 aliphatic carbocycles. The minimum atomic E-state index is -0.306. The van der Waals surface area contributed by atoms with Crippen LogP contribution in [0.25, 0.3) is 0 Å². The molecule has 0 bridgehead atoms. The molecule has 0 unspecified atom stereocenters. The van der Waals surface area contributed by atoms with Gasteiger partial charge in [-0.05, 0) is 48.7 Å². The molecule has 0 spiro atoms. The highest BCUT2D eigenvalue weighted by atomic mass is 32.2. The van der Waals surface area contributed by atoms with Crippen LogP contribution in [-0.2, 0) is 11.3 Å².